The van der Waals surface area contributed by atoms with E-state index in [-0.39, 0.29) is 5.92 Å². The Balaban J connectivity index is 2.92. The van der Waals surface area contributed by atoms with E-state index in [1.807, 2.05) is 24.3 Å². The first-order valence-electron chi connectivity index (χ1n) is 3.66. The summed E-state index contributed by atoms with van der Waals surface area (Å²) in [4.78, 5) is 0. The van der Waals surface area contributed by atoms with Crippen LogP contribution in [0, 0.1) is 0 Å². The Morgan fingerprint density at radius 1 is 1.17 bits per heavy atom. The van der Waals surface area contributed by atoms with Gasteiger partial charge in [-0.3, -0.25) is 0 Å². The maximum Gasteiger partial charge on any atom is 0.0304 e. The van der Waals surface area contributed by atoms with E-state index in [2.05, 4.69) is 15.9 Å². The number of hydrogen-bond donors (Lipinski definition) is 0. The fourth-order valence-corrected chi connectivity index (χ4v) is 2.28. The first-order valence-corrected chi connectivity index (χ1v) is 5.52. The highest BCUT2D eigenvalue weighted by Crippen LogP contribution is 2.26. The number of benzene rings is 1. The average Bonchev–Trinajstić information content (AvgIpc) is 2.10. The van der Waals surface area contributed by atoms with E-state index in [4.69, 9.17) is 23.2 Å². The third kappa shape index (κ3) is 2.38. The summed E-state index contributed by atoms with van der Waals surface area (Å²) in [5.41, 5.74) is 1.18. The summed E-state index contributed by atoms with van der Waals surface area (Å²) in [6, 6.07) is 8.01. The summed E-state index contributed by atoms with van der Waals surface area (Å²) >= 11 is 15.0. The summed E-state index contributed by atoms with van der Waals surface area (Å²) in [6.45, 7) is 0. The van der Waals surface area contributed by atoms with Gasteiger partial charge >= 0.3 is 0 Å². The highest BCUT2D eigenvalue weighted by atomic mass is 79.9. The molecule has 0 unspecified atom stereocenters. The fourth-order valence-electron chi connectivity index (χ4n) is 1.01. The SMILES string of the molecule is ClCC(CCl)c1ccccc1Br. The zero-order valence-corrected chi connectivity index (χ0v) is 9.53. The van der Waals surface area contributed by atoms with Gasteiger partial charge in [-0.15, -0.1) is 23.2 Å². The van der Waals surface area contributed by atoms with Crippen LogP contribution in [0.25, 0.3) is 0 Å². The Hall–Kier alpha value is 0.280. The molecule has 0 aliphatic heterocycles. The van der Waals surface area contributed by atoms with E-state index in [9.17, 15) is 0 Å². The van der Waals surface area contributed by atoms with Crippen LogP contribution in [0.2, 0.25) is 0 Å². The second kappa shape index (κ2) is 5.11. The molecule has 0 saturated carbocycles. The topological polar surface area (TPSA) is 0 Å². The first-order chi connectivity index (χ1) is 5.79. The molecule has 0 spiro atoms. The number of hydrogen-bond acceptors (Lipinski definition) is 0. The van der Waals surface area contributed by atoms with Crippen LogP contribution in [0.1, 0.15) is 11.5 Å². The molecule has 0 radical (unpaired) electrons. The van der Waals surface area contributed by atoms with Gasteiger partial charge in [0.1, 0.15) is 0 Å². The monoisotopic (exact) mass is 266 g/mol. The molecule has 0 saturated heterocycles. The van der Waals surface area contributed by atoms with Crippen LogP contribution in [0.4, 0.5) is 0 Å². The van der Waals surface area contributed by atoms with Crippen molar-refractivity contribution >= 4 is 39.1 Å². The molecule has 1 aromatic rings. The number of rotatable bonds is 3. The van der Waals surface area contributed by atoms with Crippen LogP contribution >= 0.6 is 39.1 Å². The van der Waals surface area contributed by atoms with Crippen LogP contribution < -0.4 is 0 Å². The largest absolute Gasteiger partial charge is 0.126 e. The minimum atomic E-state index is 0.240. The van der Waals surface area contributed by atoms with Crippen LogP contribution in [0.15, 0.2) is 28.7 Å². The Morgan fingerprint density at radius 3 is 2.25 bits per heavy atom. The highest BCUT2D eigenvalue weighted by molar-refractivity contribution is 9.10. The van der Waals surface area contributed by atoms with Crippen molar-refractivity contribution in [3.63, 3.8) is 0 Å². The molecular formula is C9H9BrCl2. The smallest absolute Gasteiger partial charge is 0.0304 e. The molecule has 0 amide bonds. The molecule has 1 aromatic carbocycles. The van der Waals surface area contributed by atoms with Crippen LogP contribution in [-0.2, 0) is 0 Å². The minimum Gasteiger partial charge on any atom is -0.126 e. The van der Waals surface area contributed by atoms with Crippen LogP contribution in [0.3, 0.4) is 0 Å². The van der Waals surface area contributed by atoms with Gasteiger partial charge in [-0.05, 0) is 11.6 Å². The van der Waals surface area contributed by atoms with Gasteiger partial charge in [0.15, 0.2) is 0 Å². The molecule has 0 atom stereocenters. The summed E-state index contributed by atoms with van der Waals surface area (Å²) in [5, 5.41) is 0. The molecule has 0 fully saturated rings. The molecule has 0 aliphatic rings. The van der Waals surface area contributed by atoms with Gasteiger partial charge in [0.05, 0.1) is 0 Å². The summed E-state index contributed by atoms with van der Waals surface area (Å²) < 4.78 is 1.08. The van der Waals surface area contributed by atoms with Gasteiger partial charge < -0.3 is 0 Å². The minimum absolute atomic E-state index is 0.240. The molecule has 0 heterocycles. The maximum atomic E-state index is 5.77. The van der Waals surface area contributed by atoms with Crippen molar-refractivity contribution in [2.75, 3.05) is 11.8 Å². The fraction of sp³-hybridized carbons (Fsp3) is 0.333. The normalized spacial score (nSPS) is 10.7. The Kier molecular flexibility index (Phi) is 4.41. The van der Waals surface area contributed by atoms with E-state index in [1.165, 1.54) is 5.56 Å². The summed E-state index contributed by atoms with van der Waals surface area (Å²) in [7, 11) is 0. The van der Waals surface area contributed by atoms with Crippen molar-refractivity contribution in [1.29, 1.82) is 0 Å². The van der Waals surface area contributed by atoms with Crippen molar-refractivity contribution < 1.29 is 0 Å². The predicted molar refractivity (Wildman–Crippen MR) is 58.3 cm³/mol. The molecule has 66 valence electrons. The van der Waals surface area contributed by atoms with Gasteiger partial charge in [0.25, 0.3) is 0 Å². The maximum absolute atomic E-state index is 5.77. The van der Waals surface area contributed by atoms with E-state index >= 15 is 0 Å². The zero-order chi connectivity index (χ0) is 8.97. The molecule has 1 rings (SSSR count). The van der Waals surface area contributed by atoms with Crippen molar-refractivity contribution in [2.24, 2.45) is 0 Å². The average molecular weight is 268 g/mol. The zero-order valence-electron chi connectivity index (χ0n) is 6.43. The Morgan fingerprint density at radius 2 is 1.75 bits per heavy atom. The Bertz CT molecular complexity index is 246. The van der Waals surface area contributed by atoms with E-state index in [0.29, 0.717) is 11.8 Å². The molecule has 12 heavy (non-hydrogen) atoms. The van der Waals surface area contributed by atoms with Gasteiger partial charge in [-0.1, -0.05) is 34.1 Å². The molecular weight excluding hydrogens is 259 g/mol. The van der Waals surface area contributed by atoms with Crippen molar-refractivity contribution in [2.45, 2.75) is 5.92 Å². The van der Waals surface area contributed by atoms with Gasteiger partial charge in [0, 0.05) is 22.2 Å². The van der Waals surface area contributed by atoms with Crippen molar-refractivity contribution in [3.05, 3.63) is 34.3 Å². The second-order valence-corrected chi connectivity index (χ2v) is 4.00. The van der Waals surface area contributed by atoms with E-state index in [0.717, 1.165) is 4.47 Å². The molecule has 3 heteroatoms. The van der Waals surface area contributed by atoms with Crippen LogP contribution in [-0.4, -0.2) is 11.8 Å². The second-order valence-electron chi connectivity index (χ2n) is 2.53. The van der Waals surface area contributed by atoms with E-state index in [1.54, 1.807) is 0 Å². The van der Waals surface area contributed by atoms with Gasteiger partial charge in [-0.2, -0.15) is 0 Å². The lowest BCUT2D eigenvalue weighted by atomic mass is 10.0. The lowest BCUT2D eigenvalue weighted by Gasteiger charge is -2.11. The highest BCUT2D eigenvalue weighted by Gasteiger charge is 2.10. The first kappa shape index (κ1) is 10.4. The molecule has 0 nitrogen and oxygen atoms in total. The number of alkyl halides is 2. The van der Waals surface area contributed by atoms with Crippen LogP contribution in [0.5, 0.6) is 0 Å². The third-order valence-corrected chi connectivity index (χ3v) is 3.18. The number of halogens is 3. The van der Waals surface area contributed by atoms with Gasteiger partial charge in [0.2, 0.25) is 0 Å². The summed E-state index contributed by atoms with van der Waals surface area (Å²) in [6.07, 6.45) is 0. The Labute approximate surface area is 91.0 Å². The molecule has 0 aromatic heterocycles. The lowest BCUT2D eigenvalue weighted by Crippen LogP contribution is -2.02. The summed E-state index contributed by atoms with van der Waals surface area (Å²) in [5.74, 6) is 1.36. The molecule has 0 N–H and O–H groups in total. The standard InChI is InChI=1S/C9H9BrCl2/c10-9-4-2-1-3-8(9)7(5-11)6-12/h1-4,7H,5-6H2. The quantitative estimate of drug-likeness (QED) is 0.726. The third-order valence-electron chi connectivity index (χ3n) is 1.72. The lowest BCUT2D eigenvalue weighted by molar-refractivity contribution is 0.878. The van der Waals surface area contributed by atoms with Crippen molar-refractivity contribution in [3.8, 4) is 0 Å². The van der Waals surface area contributed by atoms with Crippen molar-refractivity contribution in [1.82, 2.24) is 0 Å². The van der Waals surface area contributed by atoms with E-state index < -0.39 is 0 Å². The molecule has 0 aliphatic carbocycles. The molecule has 0 bridgehead atoms. The van der Waals surface area contributed by atoms with Gasteiger partial charge in [-0.25, -0.2) is 0 Å². The predicted octanol–water partition coefficient (Wildman–Crippen LogP) is 4.01.